The quantitative estimate of drug-likeness (QED) is 0.773. The van der Waals surface area contributed by atoms with Crippen LogP contribution in [0.2, 0.25) is 0 Å². The highest BCUT2D eigenvalue weighted by atomic mass is 16.2. The Bertz CT molecular complexity index is 545. The van der Waals surface area contributed by atoms with Gasteiger partial charge in [0.2, 0.25) is 0 Å². The lowest BCUT2D eigenvalue weighted by atomic mass is 10.1. The monoisotopic (exact) mass is 318 g/mol. The van der Waals surface area contributed by atoms with Crippen LogP contribution in [0.3, 0.4) is 0 Å². The minimum absolute atomic E-state index is 0.350. The summed E-state index contributed by atoms with van der Waals surface area (Å²) in [7, 11) is 0. The Morgan fingerprint density at radius 3 is 2.30 bits per heavy atom. The molecule has 1 fully saturated rings. The van der Waals surface area contributed by atoms with E-state index in [1.165, 1.54) is 0 Å². The van der Waals surface area contributed by atoms with Gasteiger partial charge in [-0.15, -0.1) is 0 Å². The fourth-order valence-corrected chi connectivity index (χ4v) is 2.85. The number of likely N-dealkylation sites (N-methyl/N-ethyl adjacent to an activating group) is 1. The highest BCUT2D eigenvalue weighted by molar-refractivity contribution is 6.35. The molecule has 1 aliphatic rings. The van der Waals surface area contributed by atoms with Gasteiger partial charge in [0.15, 0.2) is 0 Å². The van der Waals surface area contributed by atoms with Crippen molar-refractivity contribution in [2.45, 2.75) is 33.2 Å². The molecule has 6 heteroatoms. The second-order valence-electron chi connectivity index (χ2n) is 6.69. The summed E-state index contributed by atoms with van der Waals surface area (Å²) in [6, 6.07) is 5.79. The third-order valence-electron chi connectivity index (χ3n) is 4.09. The van der Waals surface area contributed by atoms with Crippen LogP contribution in [-0.4, -0.2) is 64.9 Å². The van der Waals surface area contributed by atoms with Gasteiger partial charge in [-0.1, -0.05) is 6.07 Å². The van der Waals surface area contributed by atoms with E-state index >= 15 is 0 Å². The standard InChI is InChI=1S/C17H26N4O2/c1-5-21(17(2,3)4)16(23)15(22)20-12-10-19(11-13-20)14-8-6-7-9-18-14/h6-9H,5,10-13H2,1-4H3. The number of hydrogen-bond donors (Lipinski definition) is 0. The van der Waals surface area contributed by atoms with E-state index in [1.807, 2.05) is 45.9 Å². The molecule has 0 spiro atoms. The van der Waals surface area contributed by atoms with Crippen LogP contribution in [0, 0.1) is 0 Å². The number of amides is 2. The Balaban J connectivity index is 1.97. The van der Waals surface area contributed by atoms with E-state index in [0.29, 0.717) is 32.7 Å². The maximum atomic E-state index is 12.5. The summed E-state index contributed by atoms with van der Waals surface area (Å²) in [5, 5.41) is 0. The lowest BCUT2D eigenvalue weighted by molar-refractivity contribution is -0.154. The largest absolute Gasteiger partial charge is 0.353 e. The van der Waals surface area contributed by atoms with Crippen LogP contribution in [0.5, 0.6) is 0 Å². The van der Waals surface area contributed by atoms with Crippen LogP contribution in [0.15, 0.2) is 24.4 Å². The highest BCUT2D eigenvalue weighted by Crippen LogP contribution is 2.16. The van der Waals surface area contributed by atoms with Crippen LogP contribution >= 0.6 is 0 Å². The summed E-state index contributed by atoms with van der Waals surface area (Å²) in [6.07, 6.45) is 1.76. The predicted molar refractivity (Wildman–Crippen MR) is 90.2 cm³/mol. The second-order valence-corrected chi connectivity index (χ2v) is 6.69. The van der Waals surface area contributed by atoms with Crippen LogP contribution in [-0.2, 0) is 9.59 Å². The Morgan fingerprint density at radius 2 is 1.83 bits per heavy atom. The fraction of sp³-hybridized carbons (Fsp3) is 0.588. The summed E-state index contributed by atoms with van der Waals surface area (Å²) < 4.78 is 0. The first-order chi connectivity index (χ1) is 10.8. The minimum Gasteiger partial charge on any atom is -0.353 e. The minimum atomic E-state index is -0.411. The lowest BCUT2D eigenvalue weighted by Crippen LogP contribution is -2.56. The highest BCUT2D eigenvalue weighted by Gasteiger charge is 2.33. The summed E-state index contributed by atoms with van der Waals surface area (Å²) in [4.78, 5) is 34.7. The number of rotatable bonds is 2. The van der Waals surface area contributed by atoms with Gasteiger partial charge in [0.1, 0.15) is 5.82 Å². The first kappa shape index (κ1) is 17.2. The average molecular weight is 318 g/mol. The molecule has 0 aromatic carbocycles. The normalized spacial score (nSPS) is 15.5. The van der Waals surface area contributed by atoms with Crippen LogP contribution in [0.25, 0.3) is 0 Å². The van der Waals surface area contributed by atoms with Gasteiger partial charge in [-0.25, -0.2) is 4.98 Å². The third kappa shape index (κ3) is 4.00. The number of piperazine rings is 1. The number of carbonyl (C=O) groups excluding carboxylic acids is 2. The van der Waals surface area contributed by atoms with Gasteiger partial charge in [0, 0.05) is 44.5 Å². The molecule has 0 atom stereocenters. The van der Waals surface area contributed by atoms with E-state index < -0.39 is 11.8 Å². The second kappa shape index (κ2) is 6.98. The van der Waals surface area contributed by atoms with Crippen LogP contribution in [0.1, 0.15) is 27.7 Å². The topological polar surface area (TPSA) is 56.8 Å². The third-order valence-corrected chi connectivity index (χ3v) is 4.09. The fourth-order valence-electron chi connectivity index (χ4n) is 2.85. The molecule has 0 N–H and O–H groups in total. The van der Waals surface area contributed by atoms with Crippen LogP contribution < -0.4 is 4.90 Å². The smallest absolute Gasteiger partial charge is 0.312 e. The zero-order valence-electron chi connectivity index (χ0n) is 14.5. The van der Waals surface area contributed by atoms with Crippen molar-refractivity contribution in [3.63, 3.8) is 0 Å². The van der Waals surface area contributed by atoms with Gasteiger partial charge in [-0.3, -0.25) is 9.59 Å². The van der Waals surface area contributed by atoms with Gasteiger partial charge in [-0.05, 0) is 39.8 Å². The zero-order valence-corrected chi connectivity index (χ0v) is 14.5. The Kier molecular flexibility index (Phi) is 5.23. The van der Waals surface area contributed by atoms with E-state index in [4.69, 9.17) is 0 Å². The molecule has 6 nitrogen and oxygen atoms in total. The van der Waals surface area contributed by atoms with Crippen LogP contribution in [0.4, 0.5) is 5.82 Å². The van der Waals surface area contributed by atoms with Crippen molar-refractivity contribution in [1.82, 2.24) is 14.8 Å². The molecule has 1 aliphatic heterocycles. The average Bonchev–Trinajstić information content (AvgIpc) is 2.54. The number of pyridine rings is 1. The Hall–Kier alpha value is -2.11. The summed E-state index contributed by atoms with van der Waals surface area (Å²) >= 11 is 0. The van der Waals surface area contributed by atoms with Crippen molar-refractivity contribution in [1.29, 1.82) is 0 Å². The van der Waals surface area contributed by atoms with E-state index in [2.05, 4.69) is 9.88 Å². The van der Waals surface area contributed by atoms with E-state index in [0.717, 1.165) is 5.82 Å². The number of nitrogens with zero attached hydrogens (tertiary/aromatic N) is 4. The molecule has 2 heterocycles. The predicted octanol–water partition coefficient (Wildman–Crippen LogP) is 1.38. The van der Waals surface area contributed by atoms with Gasteiger partial charge >= 0.3 is 11.8 Å². The van der Waals surface area contributed by atoms with Crippen molar-refractivity contribution in [3.8, 4) is 0 Å². The number of aromatic nitrogens is 1. The maximum Gasteiger partial charge on any atom is 0.312 e. The van der Waals surface area contributed by atoms with Crippen molar-refractivity contribution in [2.24, 2.45) is 0 Å². The molecule has 0 aliphatic carbocycles. The molecule has 0 bridgehead atoms. The number of carbonyl (C=O) groups is 2. The molecule has 23 heavy (non-hydrogen) atoms. The molecule has 2 rings (SSSR count). The van der Waals surface area contributed by atoms with E-state index in [9.17, 15) is 9.59 Å². The van der Waals surface area contributed by atoms with Crippen molar-refractivity contribution < 1.29 is 9.59 Å². The van der Waals surface area contributed by atoms with E-state index in [1.54, 1.807) is 16.0 Å². The molecule has 0 saturated carbocycles. The lowest BCUT2D eigenvalue weighted by Gasteiger charge is -2.38. The molecule has 0 unspecified atom stereocenters. The Labute approximate surface area is 138 Å². The molecule has 126 valence electrons. The molecular weight excluding hydrogens is 292 g/mol. The first-order valence-corrected chi connectivity index (χ1v) is 8.11. The van der Waals surface area contributed by atoms with Crippen molar-refractivity contribution in [2.75, 3.05) is 37.6 Å². The number of anilines is 1. The van der Waals surface area contributed by atoms with Gasteiger partial charge < -0.3 is 14.7 Å². The zero-order chi connectivity index (χ0) is 17.0. The first-order valence-electron chi connectivity index (χ1n) is 8.11. The molecule has 0 radical (unpaired) electrons. The Morgan fingerprint density at radius 1 is 1.17 bits per heavy atom. The summed E-state index contributed by atoms with van der Waals surface area (Å²) in [5.74, 6) is 0.101. The summed E-state index contributed by atoms with van der Waals surface area (Å²) in [6.45, 7) is 10.7. The SMILES string of the molecule is CCN(C(=O)C(=O)N1CCN(c2ccccn2)CC1)C(C)(C)C. The maximum absolute atomic E-state index is 12.5. The van der Waals surface area contributed by atoms with Gasteiger partial charge in [0.25, 0.3) is 0 Å². The number of hydrogen-bond acceptors (Lipinski definition) is 4. The molecular formula is C17H26N4O2. The molecule has 1 aromatic rings. The van der Waals surface area contributed by atoms with Crippen molar-refractivity contribution >= 4 is 17.6 Å². The summed E-state index contributed by atoms with van der Waals surface area (Å²) in [5.41, 5.74) is -0.350. The molecule has 1 aromatic heterocycles. The molecule has 1 saturated heterocycles. The molecule has 2 amide bonds. The van der Waals surface area contributed by atoms with Gasteiger partial charge in [-0.2, -0.15) is 0 Å². The van der Waals surface area contributed by atoms with Crippen molar-refractivity contribution in [3.05, 3.63) is 24.4 Å². The van der Waals surface area contributed by atoms with Gasteiger partial charge in [0.05, 0.1) is 0 Å². The van der Waals surface area contributed by atoms with E-state index in [-0.39, 0.29) is 5.54 Å².